The van der Waals surface area contributed by atoms with Gasteiger partial charge >= 0.3 is 0 Å². The van der Waals surface area contributed by atoms with E-state index in [2.05, 4.69) is 26.2 Å². The molecule has 6 nitrogen and oxygen atoms in total. The van der Waals surface area contributed by atoms with Crippen LogP contribution < -0.4 is 10.2 Å². The van der Waals surface area contributed by atoms with Gasteiger partial charge in [-0.2, -0.15) is 5.26 Å². The van der Waals surface area contributed by atoms with Crippen molar-refractivity contribution in [2.24, 2.45) is 0 Å². The molecule has 1 aromatic rings. The maximum absolute atomic E-state index is 11.5. The Morgan fingerprint density at radius 3 is 2.77 bits per heavy atom. The highest BCUT2D eigenvalue weighted by Crippen LogP contribution is 2.32. The SMILES string of the molecule is Cc1nc(N2CC(N3CCNC(=O)C3)C2)c(C#N)c(C)c1Cl. The summed E-state index contributed by atoms with van der Waals surface area (Å²) in [4.78, 5) is 20.2. The van der Waals surface area contributed by atoms with E-state index >= 15 is 0 Å². The van der Waals surface area contributed by atoms with Crippen molar-refractivity contribution in [3.8, 4) is 6.07 Å². The fourth-order valence-corrected chi connectivity index (χ4v) is 3.14. The molecular weight excluding hydrogens is 302 g/mol. The molecule has 0 saturated carbocycles. The molecule has 3 rings (SSSR count). The molecule has 1 N–H and O–H groups in total. The van der Waals surface area contributed by atoms with Crippen molar-refractivity contribution in [3.63, 3.8) is 0 Å². The van der Waals surface area contributed by atoms with Gasteiger partial charge in [0.2, 0.25) is 5.91 Å². The van der Waals surface area contributed by atoms with Crippen LogP contribution in [-0.2, 0) is 4.79 Å². The highest BCUT2D eigenvalue weighted by atomic mass is 35.5. The molecule has 0 aliphatic carbocycles. The van der Waals surface area contributed by atoms with E-state index in [-0.39, 0.29) is 5.91 Å². The standard InChI is InChI=1S/C15H18ClN5O/c1-9-12(5-17)15(19-10(2)14(9)16)21-6-11(7-21)20-4-3-18-13(22)8-20/h11H,3-4,6-8H2,1-2H3,(H,18,22). The van der Waals surface area contributed by atoms with Gasteiger partial charge in [-0.1, -0.05) is 11.6 Å². The predicted octanol–water partition coefficient (Wildman–Crippen LogP) is 0.844. The largest absolute Gasteiger partial charge is 0.354 e. The van der Waals surface area contributed by atoms with Crippen LogP contribution in [0.5, 0.6) is 0 Å². The summed E-state index contributed by atoms with van der Waals surface area (Å²) in [7, 11) is 0. The van der Waals surface area contributed by atoms with Gasteiger partial charge in [-0.25, -0.2) is 4.98 Å². The minimum absolute atomic E-state index is 0.0821. The molecule has 1 amide bonds. The Hall–Kier alpha value is -1.84. The van der Waals surface area contributed by atoms with Gasteiger partial charge in [0.05, 0.1) is 22.8 Å². The number of piperazine rings is 1. The molecule has 2 saturated heterocycles. The van der Waals surface area contributed by atoms with E-state index in [1.165, 1.54) is 0 Å². The summed E-state index contributed by atoms with van der Waals surface area (Å²) in [5, 5.41) is 12.8. The van der Waals surface area contributed by atoms with Gasteiger partial charge in [0.15, 0.2) is 0 Å². The number of carbonyl (C=O) groups is 1. The lowest BCUT2D eigenvalue weighted by Crippen LogP contribution is -2.64. The molecular formula is C15H18ClN5O. The van der Waals surface area contributed by atoms with Crippen LogP contribution in [0.4, 0.5) is 5.82 Å². The van der Waals surface area contributed by atoms with Crippen LogP contribution in [0.3, 0.4) is 0 Å². The fraction of sp³-hybridized carbons (Fsp3) is 0.533. The lowest BCUT2D eigenvalue weighted by atomic mass is 10.0. The molecule has 1 aromatic heterocycles. The van der Waals surface area contributed by atoms with Gasteiger partial charge < -0.3 is 10.2 Å². The number of aromatic nitrogens is 1. The average molecular weight is 320 g/mol. The molecule has 3 heterocycles. The number of aryl methyl sites for hydroxylation is 1. The average Bonchev–Trinajstić information content (AvgIpc) is 2.44. The molecule has 0 atom stereocenters. The second kappa shape index (κ2) is 5.75. The van der Waals surface area contributed by atoms with Gasteiger partial charge in [-0.3, -0.25) is 9.69 Å². The molecule has 0 spiro atoms. The Morgan fingerprint density at radius 1 is 1.41 bits per heavy atom. The zero-order valence-corrected chi connectivity index (χ0v) is 13.4. The number of anilines is 1. The molecule has 0 unspecified atom stereocenters. The van der Waals surface area contributed by atoms with Gasteiger partial charge in [0, 0.05) is 32.2 Å². The highest BCUT2D eigenvalue weighted by molar-refractivity contribution is 6.32. The van der Waals surface area contributed by atoms with Crippen LogP contribution in [0.2, 0.25) is 5.02 Å². The van der Waals surface area contributed by atoms with Crippen molar-refractivity contribution in [3.05, 3.63) is 21.8 Å². The van der Waals surface area contributed by atoms with E-state index in [0.717, 1.165) is 30.9 Å². The van der Waals surface area contributed by atoms with Crippen LogP contribution in [-0.4, -0.2) is 54.6 Å². The van der Waals surface area contributed by atoms with Crippen molar-refractivity contribution in [1.82, 2.24) is 15.2 Å². The first-order valence-electron chi connectivity index (χ1n) is 7.33. The highest BCUT2D eigenvalue weighted by Gasteiger charge is 2.36. The molecule has 2 aliphatic rings. The number of hydrogen-bond acceptors (Lipinski definition) is 5. The van der Waals surface area contributed by atoms with Crippen LogP contribution in [0.1, 0.15) is 16.8 Å². The Balaban J connectivity index is 1.76. The van der Waals surface area contributed by atoms with Gasteiger partial charge in [0.25, 0.3) is 0 Å². The molecule has 22 heavy (non-hydrogen) atoms. The summed E-state index contributed by atoms with van der Waals surface area (Å²) >= 11 is 6.18. The Kier molecular flexibility index (Phi) is 3.94. The lowest BCUT2D eigenvalue weighted by Gasteiger charge is -2.47. The van der Waals surface area contributed by atoms with E-state index in [1.54, 1.807) is 0 Å². The summed E-state index contributed by atoms with van der Waals surface area (Å²) < 4.78 is 0. The normalized spacial score (nSPS) is 19.5. The number of rotatable bonds is 2. The summed E-state index contributed by atoms with van der Waals surface area (Å²) in [5.41, 5.74) is 2.08. The molecule has 0 radical (unpaired) electrons. The predicted molar refractivity (Wildman–Crippen MR) is 84.0 cm³/mol. The number of carbonyl (C=O) groups excluding carboxylic acids is 1. The number of halogens is 1. The van der Waals surface area contributed by atoms with E-state index in [4.69, 9.17) is 11.6 Å². The number of nitriles is 1. The van der Waals surface area contributed by atoms with Crippen molar-refractivity contribution in [1.29, 1.82) is 5.26 Å². The van der Waals surface area contributed by atoms with E-state index in [9.17, 15) is 10.1 Å². The zero-order chi connectivity index (χ0) is 15.9. The van der Waals surface area contributed by atoms with Crippen molar-refractivity contribution >= 4 is 23.3 Å². The van der Waals surface area contributed by atoms with Crippen molar-refractivity contribution in [2.75, 3.05) is 37.6 Å². The maximum atomic E-state index is 11.5. The first kappa shape index (κ1) is 15.1. The Morgan fingerprint density at radius 2 is 2.14 bits per heavy atom. The van der Waals surface area contributed by atoms with Crippen LogP contribution in [0.25, 0.3) is 0 Å². The van der Waals surface area contributed by atoms with Crippen molar-refractivity contribution in [2.45, 2.75) is 19.9 Å². The van der Waals surface area contributed by atoms with Crippen molar-refractivity contribution < 1.29 is 4.79 Å². The third-order valence-corrected chi connectivity index (χ3v) is 4.93. The number of amides is 1. The summed E-state index contributed by atoms with van der Waals surface area (Å²) in [6, 6.07) is 2.56. The van der Waals surface area contributed by atoms with E-state index in [0.29, 0.717) is 35.5 Å². The second-order valence-electron chi connectivity index (χ2n) is 5.83. The van der Waals surface area contributed by atoms with Crippen LogP contribution >= 0.6 is 11.6 Å². The molecule has 0 bridgehead atoms. The topological polar surface area (TPSA) is 72.3 Å². The Labute approximate surface area is 134 Å². The van der Waals surface area contributed by atoms with Crippen LogP contribution in [0.15, 0.2) is 0 Å². The molecule has 0 aromatic carbocycles. The minimum Gasteiger partial charge on any atom is -0.354 e. The molecule has 2 aliphatic heterocycles. The first-order chi connectivity index (χ1) is 10.5. The van der Waals surface area contributed by atoms with E-state index < -0.39 is 0 Å². The third-order valence-electron chi connectivity index (χ3n) is 4.38. The summed E-state index contributed by atoms with van der Waals surface area (Å²) in [5.74, 6) is 0.790. The lowest BCUT2D eigenvalue weighted by molar-refractivity contribution is -0.125. The monoisotopic (exact) mass is 319 g/mol. The van der Waals surface area contributed by atoms with Gasteiger partial charge in [-0.05, 0) is 19.4 Å². The van der Waals surface area contributed by atoms with E-state index in [1.807, 2.05) is 13.8 Å². The molecule has 7 heteroatoms. The smallest absolute Gasteiger partial charge is 0.234 e. The summed E-state index contributed by atoms with van der Waals surface area (Å²) in [6.07, 6.45) is 0. The second-order valence-corrected chi connectivity index (χ2v) is 6.20. The number of nitrogens with zero attached hydrogens (tertiary/aromatic N) is 4. The number of hydrogen-bond donors (Lipinski definition) is 1. The fourth-order valence-electron chi connectivity index (χ4n) is 3.00. The number of pyridine rings is 1. The maximum Gasteiger partial charge on any atom is 0.234 e. The van der Waals surface area contributed by atoms with Crippen LogP contribution in [0, 0.1) is 25.2 Å². The Bertz CT molecular complexity index is 663. The third kappa shape index (κ3) is 2.51. The molecule has 116 valence electrons. The van der Waals surface area contributed by atoms with Gasteiger partial charge in [-0.15, -0.1) is 0 Å². The zero-order valence-electron chi connectivity index (χ0n) is 12.7. The van der Waals surface area contributed by atoms with Gasteiger partial charge in [0.1, 0.15) is 11.9 Å². The first-order valence-corrected chi connectivity index (χ1v) is 7.71. The quantitative estimate of drug-likeness (QED) is 0.874. The summed E-state index contributed by atoms with van der Waals surface area (Å²) in [6.45, 7) is 7.32. The minimum atomic E-state index is 0.0821. The molecule has 2 fully saturated rings. The number of nitrogens with one attached hydrogen (secondary N) is 1.